The number of carbonyl (C=O) groups is 2. The summed E-state index contributed by atoms with van der Waals surface area (Å²) in [6, 6.07) is 15.1. The third-order valence-corrected chi connectivity index (χ3v) is 5.68. The molecule has 1 aliphatic carbocycles. The summed E-state index contributed by atoms with van der Waals surface area (Å²) in [5.74, 6) is -0.488. The molecule has 0 saturated heterocycles. The average molecular weight is 415 g/mol. The van der Waals surface area contributed by atoms with Crippen molar-refractivity contribution in [2.45, 2.75) is 45.2 Å². The van der Waals surface area contributed by atoms with Gasteiger partial charge in [0.05, 0.1) is 16.8 Å². The number of rotatable bonds is 5. The van der Waals surface area contributed by atoms with E-state index in [0.29, 0.717) is 16.8 Å². The highest BCUT2D eigenvalue weighted by Gasteiger charge is 2.28. The average Bonchev–Trinajstić information content (AvgIpc) is 3.00. The lowest BCUT2D eigenvalue weighted by Gasteiger charge is -2.30. The smallest absolute Gasteiger partial charge is 0.319 e. The molecule has 0 radical (unpaired) electrons. The van der Waals surface area contributed by atoms with Crippen molar-refractivity contribution in [3.8, 4) is 17.3 Å². The Balaban J connectivity index is 1.80. The minimum atomic E-state index is -0.488. The molecule has 3 aromatic rings. The quantitative estimate of drug-likeness (QED) is 0.569. The zero-order valence-electron chi connectivity index (χ0n) is 17.6. The Morgan fingerprint density at radius 2 is 1.87 bits per heavy atom. The Labute approximate surface area is 180 Å². The second kappa shape index (κ2) is 8.15. The SMILES string of the molecule is CC(C)NC(=O)Nc1ccc(-c2c(C#N)c3ccc(C(N)=O)cc3n2C2CCC2)cc1. The number of fused-ring (bicyclic) bond motifs is 1. The molecule has 158 valence electrons. The summed E-state index contributed by atoms with van der Waals surface area (Å²) in [7, 11) is 0. The van der Waals surface area contributed by atoms with E-state index in [4.69, 9.17) is 5.73 Å². The van der Waals surface area contributed by atoms with Gasteiger partial charge in [-0.15, -0.1) is 0 Å². The molecule has 0 atom stereocenters. The number of aromatic nitrogens is 1. The lowest BCUT2D eigenvalue weighted by atomic mass is 9.92. The zero-order valence-corrected chi connectivity index (χ0v) is 17.6. The predicted octanol–water partition coefficient (Wildman–Crippen LogP) is 4.53. The van der Waals surface area contributed by atoms with Crippen LogP contribution in [0.3, 0.4) is 0 Å². The van der Waals surface area contributed by atoms with Gasteiger partial charge in [-0.05, 0) is 62.9 Å². The first kappa shape index (κ1) is 20.5. The van der Waals surface area contributed by atoms with Crippen molar-refractivity contribution in [2.75, 3.05) is 5.32 Å². The number of nitrogens with one attached hydrogen (secondary N) is 2. The number of anilines is 1. The van der Waals surface area contributed by atoms with Crippen LogP contribution in [0.1, 0.15) is 55.1 Å². The molecule has 1 aliphatic rings. The number of primary amides is 1. The van der Waals surface area contributed by atoms with Crippen LogP contribution in [-0.2, 0) is 0 Å². The predicted molar refractivity (Wildman–Crippen MR) is 121 cm³/mol. The van der Waals surface area contributed by atoms with Crippen molar-refractivity contribution >= 4 is 28.5 Å². The summed E-state index contributed by atoms with van der Waals surface area (Å²) in [5.41, 5.74) is 9.75. The molecular formula is C24H25N5O2. The molecule has 0 unspecified atom stereocenters. The molecule has 1 heterocycles. The summed E-state index contributed by atoms with van der Waals surface area (Å²) in [4.78, 5) is 23.7. The van der Waals surface area contributed by atoms with E-state index in [0.717, 1.165) is 41.4 Å². The van der Waals surface area contributed by atoms with Crippen LogP contribution in [0.4, 0.5) is 10.5 Å². The third-order valence-electron chi connectivity index (χ3n) is 5.68. The Kier molecular flexibility index (Phi) is 5.38. The van der Waals surface area contributed by atoms with Crippen molar-refractivity contribution in [1.29, 1.82) is 5.26 Å². The van der Waals surface area contributed by atoms with Gasteiger partial charge in [-0.3, -0.25) is 4.79 Å². The van der Waals surface area contributed by atoms with E-state index in [-0.39, 0.29) is 18.1 Å². The highest BCUT2D eigenvalue weighted by atomic mass is 16.2. The van der Waals surface area contributed by atoms with Gasteiger partial charge in [-0.25, -0.2) is 4.79 Å². The van der Waals surface area contributed by atoms with Crippen molar-refractivity contribution in [3.05, 3.63) is 53.6 Å². The second-order valence-corrected chi connectivity index (χ2v) is 8.22. The molecule has 0 spiro atoms. The normalized spacial score (nSPS) is 13.6. The van der Waals surface area contributed by atoms with E-state index in [1.54, 1.807) is 18.2 Å². The number of hydrogen-bond acceptors (Lipinski definition) is 3. The fourth-order valence-electron chi connectivity index (χ4n) is 4.03. The summed E-state index contributed by atoms with van der Waals surface area (Å²) in [6.45, 7) is 3.80. The van der Waals surface area contributed by atoms with Crippen LogP contribution in [-0.4, -0.2) is 22.5 Å². The van der Waals surface area contributed by atoms with E-state index < -0.39 is 5.91 Å². The molecule has 1 aromatic heterocycles. The van der Waals surface area contributed by atoms with Crippen molar-refractivity contribution in [3.63, 3.8) is 0 Å². The summed E-state index contributed by atoms with van der Waals surface area (Å²) >= 11 is 0. The van der Waals surface area contributed by atoms with E-state index in [1.807, 2.05) is 38.1 Å². The fraction of sp³-hybridized carbons (Fsp3) is 0.292. The first-order valence-corrected chi connectivity index (χ1v) is 10.4. The molecule has 0 bridgehead atoms. The molecule has 2 aromatic carbocycles. The zero-order chi connectivity index (χ0) is 22.1. The topological polar surface area (TPSA) is 113 Å². The number of nitriles is 1. The van der Waals surface area contributed by atoms with Gasteiger partial charge in [0.1, 0.15) is 6.07 Å². The maximum atomic E-state index is 12.0. The molecule has 1 fully saturated rings. The van der Waals surface area contributed by atoms with Gasteiger partial charge >= 0.3 is 6.03 Å². The van der Waals surface area contributed by atoms with Crippen molar-refractivity contribution in [2.24, 2.45) is 5.73 Å². The largest absolute Gasteiger partial charge is 0.366 e. The highest BCUT2D eigenvalue weighted by molar-refractivity contribution is 6.01. The number of benzene rings is 2. The fourth-order valence-corrected chi connectivity index (χ4v) is 4.03. The molecule has 7 heteroatoms. The summed E-state index contributed by atoms with van der Waals surface area (Å²) in [5, 5.41) is 16.4. The lowest BCUT2D eigenvalue weighted by molar-refractivity contribution is 0.100. The van der Waals surface area contributed by atoms with Crippen LogP contribution >= 0.6 is 0 Å². The maximum absolute atomic E-state index is 12.0. The van der Waals surface area contributed by atoms with Crippen LogP contribution in [0.2, 0.25) is 0 Å². The summed E-state index contributed by atoms with van der Waals surface area (Å²) in [6.07, 6.45) is 3.18. The molecular weight excluding hydrogens is 390 g/mol. The number of hydrogen-bond donors (Lipinski definition) is 3. The van der Waals surface area contributed by atoms with Gasteiger partial charge in [-0.1, -0.05) is 18.2 Å². The third kappa shape index (κ3) is 3.84. The van der Waals surface area contributed by atoms with E-state index in [1.165, 1.54) is 0 Å². The molecule has 4 rings (SSSR count). The van der Waals surface area contributed by atoms with Gasteiger partial charge in [-0.2, -0.15) is 5.26 Å². The van der Waals surface area contributed by atoms with E-state index in [9.17, 15) is 14.9 Å². The Bertz CT molecular complexity index is 1200. The number of amides is 3. The highest BCUT2D eigenvalue weighted by Crippen LogP contribution is 2.42. The Morgan fingerprint density at radius 1 is 1.16 bits per heavy atom. The molecule has 7 nitrogen and oxygen atoms in total. The first-order valence-electron chi connectivity index (χ1n) is 10.4. The molecule has 31 heavy (non-hydrogen) atoms. The second-order valence-electron chi connectivity index (χ2n) is 8.22. The van der Waals surface area contributed by atoms with Crippen LogP contribution < -0.4 is 16.4 Å². The lowest BCUT2D eigenvalue weighted by Crippen LogP contribution is -2.34. The van der Waals surface area contributed by atoms with Crippen LogP contribution in [0.25, 0.3) is 22.2 Å². The number of nitrogens with two attached hydrogens (primary N) is 1. The summed E-state index contributed by atoms with van der Waals surface area (Å²) < 4.78 is 2.18. The number of nitrogens with zero attached hydrogens (tertiary/aromatic N) is 2. The van der Waals surface area contributed by atoms with Crippen molar-refractivity contribution < 1.29 is 9.59 Å². The first-order chi connectivity index (χ1) is 14.9. The Morgan fingerprint density at radius 3 is 2.42 bits per heavy atom. The van der Waals surface area contributed by atoms with Gasteiger partial charge in [0.15, 0.2) is 0 Å². The van der Waals surface area contributed by atoms with Crippen molar-refractivity contribution in [1.82, 2.24) is 9.88 Å². The van der Waals surface area contributed by atoms with E-state index in [2.05, 4.69) is 21.3 Å². The number of urea groups is 1. The standard InChI is InChI=1S/C24H25N5O2/c1-14(2)27-24(31)28-17-9-6-15(7-10-17)22-20(13-25)19-11-8-16(23(26)30)12-21(19)29(22)18-4-3-5-18/h6-12,14,18H,3-5H2,1-2H3,(H2,26,30)(H2,27,28,31). The van der Waals surface area contributed by atoms with Crippen LogP contribution in [0.15, 0.2) is 42.5 Å². The minimum Gasteiger partial charge on any atom is -0.366 e. The van der Waals surface area contributed by atoms with Gasteiger partial charge in [0.2, 0.25) is 5.91 Å². The van der Waals surface area contributed by atoms with E-state index >= 15 is 0 Å². The minimum absolute atomic E-state index is 0.0425. The maximum Gasteiger partial charge on any atom is 0.319 e. The molecule has 0 aliphatic heterocycles. The molecule has 4 N–H and O–H groups in total. The van der Waals surface area contributed by atoms with Crippen LogP contribution in [0, 0.1) is 11.3 Å². The Hall–Kier alpha value is -3.79. The van der Waals surface area contributed by atoms with Crippen LogP contribution in [0.5, 0.6) is 0 Å². The monoisotopic (exact) mass is 415 g/mol. The number of carbonyl (C=O) groups excluding carboxylic acids is 2. The van der Waals surface area contributed by atoms with Gasteiger partial charge in [0, 0.05) is 28.7 Å². The molecule has 3 amide bonds. The van der Waals surface area contributed by atoms with Gasteiger partial charge in [0.25, 0.3) is 0 Å². The van der Waals surface area contributed by atoms with Gasteiger partial charge < -0.3 is 20.9 Å². The molecule has 1 saturated carbocycles.